The van der Waals surface area contributed by atoms with E-state index in [1.54, 1.807) is 4.68 Å². The Balaban J connectivity index is 1.89. The second-order valence-corrected chi connectivity index (χ2v) is 5.09. The molecule has 0 aliphatic rings. The Kier molecular flexibility index (Phi) is 4.98. The highest BCUT2D eigenvalue weighted by Gasteiger charge is 2.07. The molecule has 2 N–H and O–H groups in total. The fraction of sp³-hybridized carbons (Fsp3) is 0.375. The average Bonchev–Trinajstić information content (AvgIpc) is 2.87. The minimum atomic E-state index is -0.0370. The van der Waals surface area contributed by atoms with Crippen molar-refractivity contribution < 1.29 is 4.79 Å². The van der Waals surface area contributed by atoms with Crippen molar-refractivity contribution in [2.75, 3.05) is 18.4 Å². The Morgan fingerprint density at radius 1 is 1.38 bits per heavy atom. The van der Waals surface area contributed by atoms with Crippen LogP contribution in [-0.4, -0.2) is 28.8 Å². The average molecular weight is 286 g/mol. The van der Waals surface area contributed by atoms with Crippen LogP contribution in [0, 0.1) is 6.92 Å². The smallest absolute Gasteiger partial charge is 0.251 e. The molecule has 0 spiro atoms. The zero-order valence-electron chi connectivity index (χ0n) is 12.8. The Bertz CT molecular complexity index is 618. The molecule has 5 heteroatoms. The monoisotopic (exact) mass is 286 g/mol. The van der Waals surface area contributed by atoms with E-state index in [2.05, 4.69) is 22.7 Å². The number of hydrogen-bond acceptors (Lipinski definition) is 3. The second-order valence-electron chi connectivity index (χ2n) is 5.09. The fourth-order valence-electron chi connectivity index (χ4n) is 2.22. The van der Waals surface area contributed by atoms with Gasteiger partial charge in [-0.2, -0.15) is 5.10 Å². The van der Waals surface area contributed by atoms with Gasteiger partial charge >= 0.3 is 0 Å². The van der Waals surface area contributed by atoms with Crippen LogP contribution in [0.1, 0.15) is 28.4 Å². The lowest BCUT2D eigenvalue weighted by Gasteiger charge is -2.10. The lowest BCUT2D eigenvalue weighted by atomic mass is 10.1. The summed E-state index contributed by atoms with van der Waals surface area (Å²) in [4.78, 5) is 12.1. The molecule has 0 unspecified atom stereocenters. The molecule has 2 rings (SSSR count). The third-order valence-corrected chi connectivity index (χ3v) is 3.31. The van der Waals surface area contributed by atoms with Gasteiger partial charge in [0.2, 0.25) is 0 Å². The summed E-state index contributed by atoms with van der Waals surface area (Å²) in [6.45, 7) is 5.54. The highest BCUT2D eigenvalue weighted by atomic mass is 16.1. The highest BCUT2D eigenvalue weighted by Crippen LogP contribution is 2.16. The standard InChI is InChI=1S/C16H22N4O/c1-4-17-15-6-5-14(9-12(15)2)16(21)18-8-7-13-10-19-20(3)11-13/h5-6,9-11,17H,4,7-8H2,1-3H3,(H,18,21). The van der Waals surface area contributed by atoms with Crippen LogP contribution in [0.5, 0.6) is 0 Å². The van der Waals surface area contributed by atoms with Crippen molar-refractivity contribution in [2.45, 2.75) is 20.3 Å². The van der Waals surface area contributed by atoms with Crippen molar-refractivity contribution in [3.8, 4) is 0 Å². The van der Waals surface area contributed by atoms with Crippen molar-refractivity contribution in [1.82, 2.24) is 15.1 Å². The Hall–Kier alpha value is -2.30. The molecular formula is C16H22N4O. The van der Waals surface area contributed by atoms with E-state index in [1.807, 2.05) is 44.6 Å². The van der Waals surface area contributed by atoms with Crippen molar-refractivity contribution in [3.05, 3.63) is 47.3 Å². The summed E-state index contributed by atoms with van der Waals surface area (Å²) in [7, 11) is 1.89. The van der Waals surface area contributed by atoms with Crippen molar-refractivity contribution in [2.24, 2.45) is 7.05 Å². The third-order valence-electron chi connectivity index (χ3n) is 3.31. The van der Waals surface area contributed by atoms with E-state index in [4.69, 9.17) is 0 Å². The molecule has 5 nitrogen and oxygen atoms in total. The first-order valence-corrected chi connectivity index (χ1v) is 7.20. The van der Waals surface area contributed by atoms with Gasteiger partial charge in [-0.05, 0) is 49.6 Å². The van der Waals surface area contributed by atoms with Crippen LogP contribution in [0.15, 0.2) is 30.6 Å². The van der Waals surface area contributed by atoms with Gasteiger partial charge in [0.15, 0.2) is 0 Å². The lowest BCUT2D eigenvalue weighted by molar-refractivity contribution is 0.0954. The molecule has 0 fully saturated rings. The molecule has 1 aromatic carbocycles. The Labute approximate surface area is 125 Å². The van der Waals surface area contributed by atoms with Crippen LogP contribution in [0.3, 0.4) is 0 Å². The van der Waals surface area contributed by atoms with Gasteiger partial charge in [0, 0.05) is 37.6 Å². The maximum Gasteiger partial charge on any atom is 0.251 e. The van der Waals surface area contributed by atoms with E-state index in [1.165, 1.54) is 0 Å². The number of amides is 1. The lowest BCUT2D eigenvalue weighted by Crippen LogP contribution is -2.25. The van der Waals surface area contributed by atoms with Crippen molar-refractivity contribution >= 4 is 11.6 Å². The number of carbonyl (C=O) groups excluding carboxylic acids is 1. The molecule has 0 atom stereocenters. The summed E-state index contributed by atoms with van der Waals surface area (Å²) in [6, 6.07) is 5.72. The number of aromatic nitrogens is 2. The number of rotatable bonds is 6. The first-order chi connectivity index (χ1) is 10.1. The third kappa shape index (κ3) is 4.08. The maximum absolute atomic E-state index is 12.1. The highest BCUT2D eigenvalue weighted by molar-refractivity contribution is 5.94. The van der Waals surface area contributed by atoms with Gasteiger partial charge in [-0.1, -0.05) is 0 Å². The van der Waals surface area contributed by atoms with Gasteiger partial charge in [0.25, 0.3) is 5.91 Å². The first kappa shape index (κ1) is 15.1. The number of nitrogens with zero attached hydrogens (tertiary/aromatic N) is 2. The predicted octanol–water partition coefficient (Wildman–Crippen LogP) is 2.13. The van der Waals surface area contributed by atoms with Gasteiger partial charge in [0.05, 0.1) is 6.20 Å². The molecule has 0 saturated heterocycles. The van der Waals surface area contributed by atoms with Crippen LogP contribution in [0.4, 0.5) is 5.69 Å². The van der Waals surface area contributed by atoms with Crippen molar-refractivity contribution in [3.63, 3.8) is 0 Å². The number of hydrogen-bond donors (Lipinski definition) is 2. The van der Waals surface area contributed by atoms with E-state index >= 15 is 0 Å². The van der Waals surface area contributed by atoms with Crippen LogP contribution in [-0.2, 0) is 13.5 Å². The SMILES string of the molecule is CCNc1ccc(C(=O)NCCc2cnn(C)c2)cc1C. The number of anilines is 1. The van der Waals surface area contributed by atoms with Gasteiger partial charge in [0.1, 0.15) is 0 Å². The first-order valence-electron chi connectivity index (χ1n) is 7.20. The van der Waals surface area contributed by atoms with Crippen LogP contribution >= 0.6 is 0 Å². The molecule has 21 heavy (non-hydrogen) atoms. The molecule has 0 aliphatic carbocycles. The van der Waals surface area contributed by atoms with Crippen LogP contribution in [0.2, 0.25) is 0 Å². The normalized spacial score (nSPS) is 10.4. The molecule has 112 valence electrons. The molecule has 0 saturated carbocycles. The zero-order valence-corrected chi connectivity index (χ0v) is 12.8. The minimum absolute atomic E-state index is 0.0370. The second kappa shape index (κ2) is 6.92. The molecule has 0 aliphatic heterocycles. The Morgan fingerprint density at radius 2 is 2.19 bits per heavy atom. The van der Waals surface area contributed by atoms with Gasteiger partial charge in [-0.15, -0.1) is 0 Å². The molecule has 0 bridgehead atoms. The fourth-order valence-corrected chi connectivity index (χ4v) is 2.22. The summed E-state index contributed by atoms with van der Waals surface area (Å²) in [5, 5.41) is 10.3. The number of aryl methyl sites for hydroxylation is 2. The number of benzene rings is 1. The number of carbonyl (C=O) groups is 1. The summed E-state index contributed by atoms with van der Waals surface area (Å²) in [5.74, 6) is -0.0370. The summed E-state index contributed by atoms with van der Waals surface area (Å²) >= 11 is 0. The molecule has 1 heterocycles. The van der Waals surface area contributed by atoms with Crippen molar-refractivity contribution in [1.29, 1.82) is 0 Å². The predicted molar refractivity (Wildman–Crippen MR) is 84.6 cm³/mol. The van der Waals surface area contributed by atoms with E-state index < -0.39 is 0 Å². The quantitative estimate of drug-likeness (QED) is 0.855. The summed E-state index contributed by atoms with van der Waals surface area (Å²) in [5.41, 5.74) is 3.97. The van der Waals surface area contributed by atoms with Crippen LogP contribution < -0.4 is 10.6 Å². The van der Waals surface area contributed by atoms with Crippen LogP contribution in [0.25, 0.3) is 0 Å². The largest absolute Gasteiger partial charge is 0.385 e. The maximum atomic E-state index is 12.1. The van der Waals surface area contributed by atoms with E-state index in [9.17, 15) is 4.79 Å². The van der Waals surface area contributed by atoms with E-state index in [0.29, 0.717) is 12.1 Å². The van der Waals surface area contributed by atoms with E-state index in [-0.39, 0.29) is 5.91 Å². The molecule has 0 radical (unpaired) electrons. The summed E-state index contributed by atoms with van der Waals surface area (Å²) < 4.78 is 1.76. The van der Waals surface area contributed by atoms with Gasteiger partial charge in [-0.25, -0.2) is 0 Å². The van der Waals surface area contributed by atoms with E-state index in [0.717, 1.165) is 29.8 Å². The molecule has 2 aromatic rings. The summed E-state index contributed by atoms with van der Waals surface area (Å²) in [6.07, 6.45) is 4.57. The molecular weight excluding hydrogens is 264 g/mol. The zero-order chi connectivity index (χ0) is 15.2. The topological polar surface area (TPSA) is 59.0 Å². The van der Waals surface area contributed by atoms with Gasteiger partial charge in [-0.3, -0.25) is 9.48 Å². The molecule has 1 amide bonds. The Morgan fingerprint density at radius 3 is 2.81 bits per heavy atom. The number of nitrogens with one attached hydrogen (secondary N) is 2. The molecule has 1 aromatic heterocycles. The minimum Gasteiger partial charge on any atom is -0.385 e. The van der Waals surface area contributed by atoms with Gasteiger partial charge < -0.3 is 10.6 Å².